The minimum absolute atomic E-state index is 0.239. The Balaban J connectivity index is 2.01. The molecule has 2 aromatic heterocycles. The van der Waals surface area contributed by atoms with E-state index in [0.29, 0.717) is 11.3 Å². The molecule has 2 heterocycles. The predicted molar refractivity (Wildman–Crippen MR) is 82.8 cm³/mol. The van der Waals surface area contributed by atoms with Gasteiger partial charge in [-0.1, -0.05) is 6.92 Å². The third-order valence-corrected chi connectivity index (χ3v) is 5.02. The lowest BCUT2D eigenvalue weighted by Crippen LogP contribution is -2.39. The molecule has 0 fully saturated rings. The number of rotatable bonds is 2. The molecular weight excluding hydrogens is 304 g/mol. The minimum Gasteiger partial charge on any atom is -0.351 e. The predicted octanol–water partition coefficient (Wildman–Crippen LogP) is 0.778. The van der Waals surface area contributed by atoms with Gasteiger partial charge in [-0.2, -0.15) is 0 Å². The van der Waals surface area contributed by atoms with Crippen molar-refractivity contribution in [2.45, 2.75) is 32.7 Å². The van der Waals surface area contributed by atoms with Crippen LogP contribution in [0.3, 0.4) is 0 Å². The number of primary amides is 1. The van der Waals surface area contributed by atoms with Gasteiger partial charge in [0.2, 0.25) is 5.91 Å². The average molecular weight is 320 g/mol. The smallest absolute Gasteiger partial charge is 0.318 e. The number of nitrogens with zero attached hydrogens (tertiary/aromatic N) is 2. The maximum absolute atomic E-state index is 12.6. The number of nitrogens with one attached hydrogen (secondary N) is 1. The highest BCUT2D eigenvalue weighted by molar-refractivity contribution is 7.18. The van der Waals surface area contributed by atoms with Gasteiger partial charge >= 0.3 is 6.03 Å². The SMILES string of the molecule is C[C@@H]1CCc2c(sc3ncn(CC(=O)NC(N)=O)c(=O)c23)C1. The highest BCUT2D eigenvalue weighted by Crippen LogP contribution is 2.35. The van der Waals surface area contributed by atoms with Crippen molar-refractivity contribution in [2.75, 3.05) is 0 Å². The van der Waals surface area contributed by atoms with Crippen LogP contribution in [0.25, 0.3) is 10.2 Å². The number of thiophene rings is 1. The van der Waals surface area contributed by atoms with E-state index in [2.05, 4.69) is 11.9 Å². The van der Waals surface area contributed by atoms with Crippen LogP contribution in [0.15, 0.2) is 11.1 Å². The van der Waals surface area contributed by atoms with Gasteiger partial charge in [-0.15, -0.1) is 11.3 Å². The summed E-state index contributed by atoms with van der Waals surface area (Å²) in [5, 5.41) is 2.56. The van der Waals surface area contributed by atoms with Crippen molar-refractivity contribution >= 4 is 33.5 Å². The van der Waals surface area contributed by atoms with Gasteiger partial charge in [0.1, 0.15) is 11.4 Å². The van der Waals surface area contributed by atoms with Crippen molar-refractivity contribution in [1.82, 2.24) is 14.9 Å². The van der Waals surface area contributed by atoms with Gasteiger partial charge in [0.15, 0.2) is 0 Å². The summed E-state index contributed by atoms with van der Waals surface area (Å²) in [6, 6.07) is -0.936. The molecule has 0 radical (unpaired) electrons. The molecule has 3 N–H and O–H groups in total. The van der Waals surface area contributed by atoms with E-state index in [1.807, 2.05) is 5.32 Å². The molecule has 0 saturated carbocycles. The molecule has 22 heavy (non-hydrogen) atoms. The first-order valence-corrected chi connectivity index (χ1v) is 7.86. The molecule has 2 aromatic rings. The van der Waals surface area contributed by atoms with Gasteiger partial charge < -0.3 is 5.73 Å². The molecule has 0 bridgehead atoms. The average Bonchev–Trinajstić information content (AvgIpc) is 2.79. The number of carbonyl (C=O) groups is 2. The van der Waals surface area contributed by atoms with E-state index in [4.69, 9.17) is 5.73 Å². The number of aryl methyl sites for hydroxylation is 1. The zero-order valence-electron chi connectivity index (χ0n) is 12.1. The van der Waals surface area contributed by atoms with Crippen molar-refractivity contribution in [2.24, 2.45) is 11.7 Å². The number of aromatic nitrogens is 2. The number of nitrogens with two attached hydrogens (primary N) is 1. The van der Waals surface area contributed by atoms with E-state index in [0.717, 1.165) is 29.7 Å². The lowest BCUT2D eigenvalue weighted by molar-refractivity contribution is -0.120. The lowest BCUT2D eigenvalue weighted by Gasteiger charge is -2.17. The second-order valence-electron chi connectivity index (χ2n) is 5.62. The Kier molecular flexibility index (Phi) is 3.69. The molecule has 0 saturated heterocycles. The van der Waals surface area contributed by atoms with E-state index in [1.54, 1.807) is 11.3 Å². The normalized spacial score (nSPS) is 17.2. The summed E-state index contributed by atoms with van der Waals surface area (Å²) in [6.45, 7) is 1.93. The second kappa shape index (κ2) is 5.53. The van der Waals surface area contributed by atoms with Crippen LogP contribution in [0, 0.1) is 5.92 Å². The molecule has 0 spiro atoms. The Labute approximate surface area is 130 Å². The fourth-order valence-electron chi connectivity index (χ4n) is 2.81. The molecule has 1 aliphatic rings. The third-order valence-electron chi connectivity index (χ3n) is 3.86. The van der Waals surface area contributed by atoms with Gasteiger partial charge in [0, 0.05) is 4.88 Å². The first-order chi connectivity index (χ1) is 10.5. The molecule has 0 aliphatic heterocycles. The van der Waals surface area contributed by atoms with E-state index in [-0.39, 0.29) is 12.1 Å². The topological polar surface area (TPSA) is 107 Å². The fraction of sp³-hybridized carbons (Fsp3) is 0.429. The molecular formula is C14H16N4O3S. The summed E-state index contributed by atoms with van der Waals surface area (Å²) in [4.78, 5) is 41.1. The van der Waals surface area contributed by atoms with Crippen LogP contribution in [0.4, 0.5) is 4.79 Å². The largest absolute Gasteiger partial charge is 0.351 e. The van der Waals surface area contributed by atoms with Gasteiger partial charge in [-0.3, -0.25) is 19.5 Å². The molecule has 0 aromatic carbocycles. The van der Waals surface area contributed by atoms with Gasteiger partial charge in [-0.25, -0.2) is 9.78 Å². The van der Waals surface area contributed by atoms with Gasteiger partial charge in [-0.05, 0) is 30.7 Å². The fourth-order valence-corrected chi connectivity index (χ4v) is 4.15. The first-order valence-electron chi connectivity index (χ1n) is 7.04. The van der Waals surface area contributed by atoms with Crippen molar-refractivity contribution < 1.29 is 9.59 Å². The summed E-state index contributed by atoms with van der Waals surface area (Å²) >= 11 is 1.56. The van der Waals surface area contributed by atoms with Crippen LogP contribution >= 0.6 is 11.3 Å². The number of carbonyl (C=O) groups excluding carboxylic acids is 2. The van der Waals surface area contributed by atoms with Crippen LogP contribution in [-0.4, -0.2) is 21.5 Å². The summed E-state index contributed by atoms with van der Waals surface area (Å²) in [5.41, 5.74) is 5.72. The Morgan fingerprint density at radius 2 is 2.32 bits per heavy atom. The number of hydrogen-bond acceptors (Lipinski definition) is 5. The summed E-state index contributed by atoms with van der Waals surface area (Å²) < 4.78 is 1.21. The number of imide groups is 1. The van der Waals surface area contributed by atoms with Crippen LogP contribution < -0.4 is 16.6 Å². The van der Waals surface area contributed by atoms with Crippen molar-refractivity contribution in [3.8, 4) is 0 Å². The Bertz CT molecular complexity index is 823. The Morgan fingerprint density at radius 3 is 3.05 bits per heavy atom. The van der Waals surface area contributed by atoms with Crippen molar-refractivity contribution in [3.63, 3.8) is 0 Å². The molecule has 8 heteroatoms. The van der Waals surface area contributed by atoms with Crippen molar-refractivity contribution in [1.29, 1.82) is 0 Å². The highest BCUT2D eigenvalue weighted by atomic mass is 32.1. The molecule has 1 atom stereocenters. The quantitative estimate of drug-likeness (QED) is 0.852. The molecule has 7 nitrogen and oxygen atoms in total. The maximum atomic E-state index is 12.6. The first kappa shape index (κ1) is 14.7. The van der Waals surface area contributed by atoms with Crippen LogP contribution in [-0.2, 0) is 24.2 Å². The molecule has 0 unspecified atom stereocenters. The molecule has 116 valence electrons. The van der Waals surface area contributed by atoms with E-state index in [1.165, 1.54) is 15.8 Å². The van der Waals surface area contributed by atoms with Crippen LogP contribution in [0.1, 0.15) is 23.8 Å². The van der Waals surface area contributed by atoms with Gasteiger partial charge in [0.05, 0.1) is 11.7 Å². The minimum atomic E-state index is -0.936. The second-order valence-corrected chi connectivity index (χ2v) is 6.71. The van der Waals surface area contributed by atoms with Crippen LogP contribution in [0.2, 0.25) is 0 Å². The number of amides is 3. The zero-order valence-corrected chi connectivity index (χ0v) is 12.9. The number of hydrogen-bond donors (Lipinski definition) is 2. The molecule has 3 amide bonds. The highest BCUT2D eigenvalue weighted by Gasteiger charge is 2.23. The third kappa shape index (κ3) is 2.61. The summed E-state index contributed by atoms with van der Waals surface area (Å²) in [5.74, 6) is -0.0161. The van der Waals surface area contributed by atoms with E-state index in [9.17, 15) is 14.4 Å². The monoisotopic (exact) mass is 320 g/mol. The lowest BCUT2D eigenvalue weighted by atomic mass is 9.89. The number of fused-ring (bicyclic) bond motifs is 3. The van der Waals surface area contributed by atoms with E-state index < -0.39 is 11.9 Å². The Morgan fingerprint density at radius 1 is 1.55 bits per heavy atom. The molecule has 1 aliphatic carbocycles. The van der Waals surface area contributed by atoms with Crippen LogP contribution in [0.5, 0.6) is 0 Å². The summed E-state index contributed by atoms with van der Waals surface area (Å²) in [6.07, 6.45) is 4.23. The zero-order chi connectivity index (χ0) is 15.9. The number of urea groups is 1. The van der Waals surface area contributed by atoms with E-state index >= 15 is 0 Å². The van der Waals surface area contributed by atoms with Gasteiger partial charge in [0.25, 0.3) is 5.56 Å². The van der Waals surface area contributed by atoms with Crippen molar-refractivity contribution in [3.05, 3.63) is 27.1 Å². The molecule has 3 rings (SSSR count). The standard InChI is InChI=1S/C14H16N4O3S/c1-7-2-3-8-9(4-7)22-12-11(8)13(20)18(6-16-12)5-10(19)17-14(15)21/h6-7H,2-5H2,1H3,(H3,15,17,19,21)/t7-/m1/s1. The summed E-state index contributed by atoms with van der Waals surface area (Å²) in [7, 11) is 0. The Hall–Kier alpha value is -2.22. The maximum Gasteiger partial charge on any atom is 0.318 e.